The summed E-state index contributed by atoms with van der Waals surface area (Å²) in [6, 6.07) is 5.82. The first-order chi connectivity index (χ1) is 18.1. The molecule has 40 heavy (non-hydrogen) atoms. The van der Waals surface area contributed by atoms with E-state index in [-0.39, 0.29) is 0 Å². The molecule has 2 aliphatic heterocycles. The molecule has 1 aromatic rings. The van der Waals surface area contributed by atoms with E-state index in [2.05, 4.69) is 34.7 Å². The standard InChI is InChI=1S/C16H25N3.3C2HF3O2/c1-13(2)11-18-8-5-16-15(18)6-9-19(16)12-14-4-3-7-17-10-14;3*3-2(4,5)1(6)7/h3-4,7,10,13,15-16H,5-6,8-9,11-12H2,1-2H3;3*(H,6,7)/t15-,16+;;;/m0.../s1. The lowest BCUT2D eigenvalue weighted by Crippen LogP contribution is -2.37. The number of hydrogen-bond acceptors (Lipinski definition) is 6. The van der Waals surface area contributed by atoms with Crippen LogP contribution >= 0.6 is 0 Å². The maximum atomic E-state index is 10.6. The Bertz CT molecular complexity index is 884. The van der Waals surface area contributed by atoms with Crippen LogP contribution in [0.2, 0.25) is 0 Å². The maximum absolute atomic E-state index is 10.6. The number of pyridine rings is 1. The summed E-state index contributed by atoms with van der Waals surface area (Å²) >= 11 is 0. The molecule has 230 valence electrons. The molecule has 9 nitrogen and oxygen atoms in total. The first-order valence-corrected chi connectivity index (χ1v) is 11.3. The number of alkyl halides is 9. The first-order valence-electron chi connectivity index (χ1n) is 11.3. The van der Waals surface area contributed by atoms with Gasteiger partial charge in [0.1, 0.15) is 0 Å². The van der Waals surface area contributed by atoms with E-state index in [0.29, 0.717) is 0 Å². The smallest absolute Gasteiger partial charge is 0.475 e. The van der Waals surface area contributed by atoms with E-state index in [1.54, 1.807) is 0 Å². The second-order valence-electron chi connectivity index (χ2n) is 8.84. The van der Waals surface area contributed by atoms with Crippen molar-refractivity contribution < 1.29 is 69.2 Å². The zero-order valence-corrected chi connectivity index (χ0v) is 21.1. The van der Waals surface area contributed by atoms with E-state index in [9.17, 15) is 39.5 Å². The summed E-state index contributed by atoms with van der Waals surface area (Å²) in [7, 11) is 0. The molecule has 3 rings (SSSR count). The number of aliphatic carboxylic acids is 3. The van der Waals surface area contributed by atoms with Crippen LogP contribution < -0.4 is 0 Å². The van der Waals surface area contributed by atoms with E-state index >= 15 is 0 Å². The molecule has 0 unspecified atom stereocenters. The van der Waals surface area contributed by atoms with Crippen molar-refractivity contribution >= 4 is 17.9 Å². The fourth-order valence-electron chi connectivity index (χ4n) is 3.78. The predicted octanol–water partition coefficient (Wildman–Crippen LogP) is 4.29. The van der Waals surface area contributed by atoms with Crippen LogP contribution in [0.3, 0.4) is 0 Å². The van der Waals surface area contributed by atoms with Gasteiger partial charge in [-0.2, -0.15) is 39.5 Å². The van der Waals surface area contributed by atoms with Gasteiger partial charge in [-0.3, -0.25) is 14.8 Å². The maximum Gasteiger partial charge on any atom is 0.490 e. The summed E-state index contributed by atoms with van der Waals surface area (Å²) in [6.07, 6.45) is -8.69. The number of carboxylic acids is 3. The van der Waals surface area contributed by atoms with E-state index in [0.717, 1.165) is 24.5 Å². The summed E-state index contributed by atoms with van der Waals surface area (Å²) in [5, 5.41) is 21.4. The van der Waals surface area contributed by atoms with Gasteiger partial charge in [-0.25, -0.2) is 14.4 Å². The zero-order valence-electron chi connectivity index (χ0n) is 21.1. The number of rotatable bonds is 4. The minimum absolute atomic E-state index is 0.777. The molecule has 0 amide bonds. The number of carbonyl (C=O) groups is 3. The van der Waals surface area contributed by atoms with Crippen molar-refractivity contribution in [1.29, 1.82) is 0 Å². The zero-order chi connectivity index (χ0) is 31.5. The number of fused-ring (bicyclic) bond motifs is 1. The highest BCUT2D eigenvalue weighted by Crippen LogP contribution is 2.32. The molecule has 18 heteroatoms. The lowest BCUT2D eigenvalue weighted by Gasteiger charge is -2.26. The Balaban J connectivity index is 0.000000603. The van der Waals surface area contributed by atoms with Crippen molar-refractivity contribution in [3.63, 3.8) is 0 Å². The quantitative estimate of drug-likeness (QED) is 0.433. The van der Waals surface area contributed by atoms with Crippen molar-refractivity contribution in [2.45, 2.75) is 63.8 Å². The average molecular weight is 601 g/mol. The molecule has 0 bridgehead atoms. The van der Waals surface area contributed by atoms with Gasteiger partial charge in [-0.1, -0.05) is 19.9 Å². The summed E-state index contributed by atoms with van der Waals surface area (Å²) in [5.74, 6) is -7.49. The van der Waals surface area contributed by atoms with Crippen molar-refractivity contribution in [3.05, 3.63) is 30.1 Å². The predicted molar refractivity (Wildman–Crippen MR) is 119 cm³/mol. The molecule has 1 aromatic heterocycles. The minimum atomic E-state index is -5.08. The van der Waals surface area contributed by atoms with Crippen LogP contribution in [-0.2, 0) is 20.9 Å². The lowest BCUT2D eigenvalue weighted by atomic mass is 10.1. The fraction of sp³-hybridized carbons (Fsp3) is 0.636. The van der Waals surface area contributed by atoms with E-state index in [4.69, 9.17) is 29.7 Å². The summed E-state index contributed by atoms with van der Waals surface area (Å²) in [5.41, 5.74) is 1.35. The van der Waals surface area contributed by atoms with Gasteiger partial charge >= 0.3 is 36.4 Å². The molecule has 3 N–H and O–H groups in total. The number of aromatic nitrogens is 1. The average Bonchev–Trinajstić information content (AvgIpc) is 3.37. The molecule has 0 aromatic carbocycles. The van der Waals surface area contributed by atoms with Crippen molar-refractivity contribution in [3.8, 4) is 0 Å². The van der Waals surface area contributed by atoms with Crippen molar-refractivity contribution in [2.75, 3.05) is 19.6 Å². The van der Waals surface area contributed by atoms with Crippen LogP contribution in [0.4, 0.5) is 39.5 Å². The van der Waals surface area contributed by atoms with Crippen molar-refractivity contribution in [1.82, 2.24) is 14.8 Å². The van der Waals surface area contributed by atoms with Gasteiger partial charge in [0.05, 0.1) is 0 Å². The molecule has 0 aliphatic carbocycles. The molecular weight excluding hydrogens is 573 g/mol. The largest absolute Gasteiger partial charge is 0.490 e. The van der Waals surface area contributed by atoms with E-state index in [1.165, 1.54) is 38.0 Å². The monoisotopic (exact) mass is 601 g/mol. The van der Waals surface area contributed by atoms with Gasteiger partial charge in [0.2, 0.25) is 0 Å². The Hall–Kier alpha value is -3.15. The second kappa shape index (κ2) is 15.6. The Labute approximate surface area is 222 Å². The third kappa shape index (κ3) is 14.3. The highest BCUT2D eigenvalue weighted by Gasteiger charge is 2.42. The SMILES string of the molecule is CC(C)CN1CC[C@@H]2[C@@H]1CCN2Cc1cccnc1.O=C(O)C(F)(F)F.O=C(O)C(F)(F)F.O=C(O)C(F)(F)F. The van der Waals surface area contributed by atoms with E-state index < -0.39 is 36.4 Å². The summed E-state index contributed by atoms with van der Waals surface area (Å²) in [6.45, 7) is 9.54. The van der Waals surface area contributed by atoms with Crippen molar-refractivity contribution in [2.24, 2.45) is 5.92 Å². The minimum Gasteiger partial charge on any atom is -0.475 e. The van der Waals surface area contributed by atoms with E-state index in [1.807, 2.05) is 18.5 Å². The number of likely N-dealkylation sites (tertiary alicyclic amines) is 2. The van der Waals surface area contributed by atoms with Crippen LogP contribution in [0.15, 0.2) is 24.5 Å². The Morgan fingerprint density at radius 1 is 0.825 bits per heavy atom. The summed E-state index contributed by atoms with van der Waals surface area (Å²) in [4.78, 5) is 36.3. The third-order valence-electron chi connectivity index (χ3n) is 5.24. The van der Waals surface area contributed by atoms with Gasteiger partial charge in [-0.05, 0) is 30.4 Å². The van der Waals surface area contributed by atoms with Crippen LogP contribution in [0.25, 0.3) is 0 Å². The van der Waals surface area contributed by atoms with Gasteiger partial charge in [0.25, 0.3) is 0 Å². The summed E-state index contributed by atoms with van der Waals surface area (Å²) < 4.78 is 95.2. The molecule has 2 fully saturated rings. The number of hydrogen-bond donors (Lipinski definition) is 3. The molecule has 2 saturated heterocycles. The van der Waals surface area contributed by atoms with Gasteiger partial charge < -0.3 is 15.3 Å². The molecule has 2 atom stereocenters. The number of halogens is 9. The van der Waals surface area contributed by atoms with Crippen LogP contribution in [-0.4, -0.2) is 98.3 Å². The van der Waals surface area contributed by atoms with Crippen LogP contribution in [0.5, 0.6) is 0 Å². The molecular formula is C22H28F9N3O6. The van der Waals surface area contributed by atoms with Gasteiger partial charge in [0.15, 0.2) is 0 Å². The van der Waals surface area contributed by atoms with Crippen LogP contribution in [0, 0.1) is 5.92 Å². The lowest BCUT2D eigenvalue weighted by molar-refractivity contribution is -0.193. The third-order valence-corrected chi connectivity index (χ3v) is 5.24. The highest BCUT2D eigenvalue weighted by molar-refractivity contribution is 5.73. The molecule has 0 radical (unpaired) electrons. The molecule has 2 aliphatic rings. The molecule has 0 spiro atoms. The topological polar surface area (TPSA) is 131 Å². The normalized spacial score (nSPS) is 19.3. The molecule has 0 saturated carbocycles. The van der Waals surface area contributed by atoms with Gasteiger partial charge in [0, 0.05) is 50.7 Å². The second-order valence-corrected chi connectivity index (χ2v) is 8.84. The highest BCUT2D eigenvalue weighted by atomic mass is 19.4. The Kier molecular flexibility index (Phi) is 14.4. The van der Waals surface area contributed by atoms with Gasteiger partial charge in [-0.15, -0.1) is 0 Å². The number of nitrogens with zero attached hydrogens (tertiary/aromatic N) is 3. The fourth-order valence-corrected chi connectivity index (χ4v) is 3.78. The van der Waals surface area contributed by atoms with Crippen LogP contribution in [0.1, 0.15) is 32.3 Å². The molecule has 3 heterocycles. The first kappa shape index (κ1) is 36.8. The Morgan fingerprint density at radius 3 is 1.52 bits per heavy atom. The number of carboxylic acid groups (broad SMARTS) is 3. The Morgan fingerprint density at radius 2 is 1.20 bits per heavy atom.